The van der Waals surface area contributed by atoms with E-state index in [0.717, 1.165) is 47.8 Å². The van der Waals surface area contributed by atoms with Gasteiger partial charge in [-0.1, -0.05) is 54.2 Å². The number of rotatable bonds is 5. The Morgan fingerprint density at radius 2 is 1.81 bits per heavy atom. The standard InChI is InChI=1S/C22H20Cl2N2O/c23-18-10-9-16(13-19(18)24)25-22-12-15(11-21(27)14-5-1-2-6-14)17-7-3-4-8-20(17)26-22/h3-4,7-10,12-14H,1-2,5-6,11H2,(H,25,26). The molecule has 2 aromatic carbocycles. The molecule has 0 amide bonds. The summed E-state index contributed by atoms with van der Waals surface area (Å²) in [7, 11) is 0. The molecule has 138 valence electrons. The topological polar surface area (TPSA) is 42.0 Å². The summed E-state index contributed by atoms with van der Waals surface area (Å²) in [5, 5.41) is 5.31. The van der Waals surface area contributed by atoms with E-state index in [1.165, 1.54) is 0 Å². The third-order valence-corrected chi connectivity index (χ3v) is 5.91. The van der Waals surface area contributed by atoms with Crippen molar-refractivity contribution in [3.05, 3.63) is 64.1 Å². The largest absolute Gasteiger partial charge is 0.340 e. The Kier molecular flexibility index (Phi) is 5.33. The number of hydrogen-bond acceptors (Lipinski definition) is 3. The minimum Gasteiger partial charge on any atom is -0.340 e. The molecular formula is C22H20Cl2N2O. The number of carbonyl (C=O) groups excluding carboxylic acids is 1. The monoisotopic (exact) mass is 398 g/mol. The number of pyridine rings is 1. The normalized spacial score (nSPS) is 14.6. The first kappa shape index (κ1) is 18.3. The number of nitrogens with zero attached hydrogens (tertiary/aromatic N) is 1. The van der Waals surface area contributed by atoms with Gasteiger partial charge in [-0.25, -0.2) is 4.98 Å². The number of aromatic nitrogens is 1. The van der Waals surface area contributed by atoms with Crippen molar-refractivity contribution in [3.63, 3.8) is 0 Å². The van der Waals surface area contributed by atoms with Crippen LogP contribution < -0.4 is 5.32 Å². The first-order valence-corrected chi connectivity index (χ1v) is 9.99. The summed E-state index contributed by atoms with van der Waals surface area (Å²) < 4.78 is 0. The highest BCUT2D eigenvalue weighted by Gasteiger charge is 2.23. The second-order valence-corrected chi connectivity index (χ2v) is 7.88. The zero-order valence-corrected chi connectivity index (χ0v) is 16.4. The quantitative estimate of drug-likeness (QED) is 0.526. The summed E-state index contributed by atoms with van der Waals surface area (Å²) in [6, 6.07) is 15.3. The predicted molar refractivity (Wildman–Crippen MR) is 112 cm³/mol. The Morgan fingerprint density at radius 1 is 1.04 bits per heavy atom. The molecule has 4 rings (SSSR count). The number of hydrogen-bond donors (Lipinski definition) is 1. The number of nitrogens with one attached hydrogen (secondary N) is 1. The third kappa shape index (κ3) is 4.10. The van der Waals surface area contributed by atoms with Crippen LogP contribution in [0.5, 0.6) is 0 Å². The maximum absolute atomic E-state index is 12.7. The van der Waals surface area contributed by atoms with Crippen molar-refractivity contribution in [2.45, 2.75) is 32.1 Å². The number of Topliss-reactive ketones (excluding diaryl/α,β-unsaturated/α-hetero) is 1. The molecule has 1 aliphatic rings. The number of halogens is 2. The highest BCUT2D eigenvalue weighted by atomic mass is 35.5. The van der Waals surface area contributed by atoms with Crippen LogP contribution >= 0.6 is 23.2 Å². The van der Waals surface area contributed by atoms with Gasteiger partial charge in [0.2, 0.25) is 0 Å². The first-order chi connectivity index (χ1) is 13.1. The molecule has 0 saturated heterocycles. The fraction of sp³-hybridized carbons (Fsp3) is 0.273. The fourth-order valence-electron chi connectivity index (χ4n) is 3.76. The molecule has 27 heavy (non-hydrogen) atoms. The van der Waals surface area contributed by atoms with Gasteiger partial charge in [-0.2, -0.15) is 0 Å². The lowest BCUT2D eigenvalue weighted by molar-refractivity contribution is -0.122. The molecule has 0 unspecified atom stereocenters. The van der Waals surface area contributed by atoms with E-state index in [-0.39, 0.29) is 5.92 Å². The van der Waals surface area contributed by atoms with Gasteiger partial charge >= 0.3 is 0 Å². The van der Waals surface area contributed by atoms with Gasteiger partial charge in [0.1, 0.15) is 11.6 Å². The van der Waals surface area contributed by atoms with Crippen molar-refractivity contribution in [2.24, 2.45) is 5.92 Å². The van der Waals surface area contributed by atoms with Gasteiger partial charge in [-0.05, 0) is 48.7 Å². The van der Waals surface area contributed by atoms with Crippen molar-refractivity contribution in [1.29, 1.82) is 0 Å². The van der Waals surface area contributed by atoms with E-state index in [4.69, 9.17) is 23.2 Å². The molecule has 3 aromatic rings. The highest BCUT2D eigenvalue weighted by molar-refractivity contribution is 6.42. The van der Waals surface area contributed by atoms with E-state index in [1.54, 1.807) is 12.1 Å². The number of para-hydroxylation sites is 1. The maximum Gasteiger partial charge on any atom is 0.140 e. The molecule has 5 heteroatoms. The smallest absolute Gasteiger partial charge is 0.140 e. The number of carbonyl (C=O) groups is 1. The second kappa shape index (κ2) is 7.87. The summed E-state index contributed by atoms with van der Waals surface area (Å²) in [5.41, 5.74) is 2.69. The lowest BCUT2D eigenvalue weighted by atomic mass is 9.95. The summed E-state index contributed by atoms with van der Waals surface area (Å²) in [6.07, 6.45) is 4.82. The molecule has 1 heterocycles. The van der Waals surface area contributed by atoms with E-state index in [2.05, 4.69) is 10.3 Å². The van der Waals surface area contributed by atoms with Crippen LogP contribution in [0.15, 0.2) is 48.5 Å². The van der Waals surface area contributed by atoms with E-state index < -0.39 is 0 Å². The van der Waals surface area contributed by atoms with Crippen LogP contribution in [-0.4, -0.2) is 10.8 Å². The maximum atomic E-state index is 12.7. The average molecular weight is 399 g/mol. The molecule has 1 N–H and O–H groups in total. The number of fused-ring (bicyclic) bond motifs is 1. The van der Waals surface area contributed by atoms with Crippen LogP contribution in [0.3, 0.4) is 0 Å². The molecule has 1 saturated carbocycles. The zero-order valence-electron chi connectivity index (χ0n) is 14.8. The predicted octanol–water partition coefficient (Wildman–Crippen LogP) is 6.59. The van der Waals surface area contributed by atoms with Gasteiger partial charge in [0, 0.05) is 23.4 Å². The van der Waals surface area contributed by atoms with Crippen LogP contribution in [0, 0.1) is 5.92 Å². The fourth-order valence-corrected chi connectivity index (χ4v) is 4.06. The van der Waals surface area contributed by atoms with E-state index in [0.29, 0.717) is 28.1 Å². The van der Waals surface area contributed by atoms with Gasteiger partial charge in [0.05, 0.1) is 15.6 Å². The number of ketones is 1. The minimum atomic E-state index is 0.211. The molecule has 0 bridgehead atoms. The Bertz CT molecular complexity index is 997. The molecular weight excluding hydrogens is 379 g/mol. The summed E-state index contributed by atoms with van der Waals surface area (Å²) in [4.78, 5) is 17.4. The molecule has 1 aliphatic carbocycles. The Hall–Kier alpha value is -2.10. The molecule has 1 fully saturated rings. The summed E-state index contributed by atoms with van der Waals surface area (Å²) >= 11 is 12.1. The van der Waals surface area contributed by atoms with Gasteiger partial charge in [-0.15, -0.1) is 0 Å². The van der Waals surface area contributed by atoms with E-state index >= 15 is 0 Å². The van der Waals surface area contributed by atoms with Crippen LogP contribution in [-0.2, 0) is 11.2 Å². The lowest BCUT2D eigenvalue weighted by Crippen LogP contribution is -2.14. The van der Waals surface area contributed by atoms with Gasteiger partial charge in [0.15, 0.2) is 0 Å². The summed E-state index contributed by atoms with van der Waals surface area (Å²) in [5.74, 6) is 1.24. The zero-order chi connectivity index (χ0) is 18.8. The molecule has 0 aliphatic heterocycles. The van der Waals surface area contributed by atoms with Crippen LogP contribution in [0.1, 0.15) is 31.2 Å². The van der Waals surface area contributed by atoms with Crippen molar-refractivity contribution < 1.29 is 4.79 Å². The Balaban J connectivity index is 1.67. The second-order valence-electron chi connectivity index (χ2n) is 7.06. The van der Waals surface area contributed by atoms with E-state index in [9.17, 15) is 4.79 Å². The lowest BCUT2D eigenvalue weighted by Gasteiger charge is -2.13. The van der Waals surface area contributed by atoms with Crippen LogP contribution in [0.25, 0.3) is 10.9 Å². The Labute approximate surface area is 168 Å². The SMILES string of the molecule is O=C(Cc1cc(Nc2ccc(Cl)c(Cl)c2)nc2ccccc12)C1CCCC1. The van der Waals surface area contributed by atoms with Crippen LogP contribution in [0.4, 0.5) is 11.5 Å². The third-order valence-electron chi connectivity index (χ3n) is 5.17. The molecule has 0 atom stereocenters. The van der Waals surface area contributed by atoms with Gasteiger partial charge in [0.25, 0.3) is 0 Å². The van der Waals surface area contributed by atoms with Crippen molar-refractivity contribution in [1.82, 2.24) is 4.98 Å². The van der Waals surface area contributed by atoms with Gasteiger partial charge < -0.3 is 5.32 Å². The van der Waals surface area contributed by atoms with E-state index in [1.807, 2.05) is 36.4 Å². The number of anilines is 2. The molecule has 3 nitrogen and oxygen atoms in total. The van der Waals surface area contributed by atoms with Crippen LogP contribution in [0.2, 0.25) is 10.0 Å². The summed E-state index contributed by atoms with van der Waals surface area (Å²) in [6.45, 7) is 0. The highest BCUT2D eigenvalue weighted by Crippen LogP contribution is 2.30. The average Bonchev–Trinajstić information content (AvgIpc) is 3.20. The van der Waals surface area contributed by atoms with Crippen molar-refractivity contribution in [3.8, 4) is 0 Å². The van der Waals surface area contributed by atoms with Gasteiger partial charge in [-0.3, -0.25) is 4.79 Å². The Morgan fingerprint density at radius 3 is 2.59 bits per heavy atom. The first-order valence-electron chi connectivity index (χ1n) is 9.23. The molecule has 1 aromatic heterocycles. The molecule has 0 spiro atoms. The van der Waals surface area contributed by atoms with Crippen molar-refractivity contribution >= 4 is 51.4 Å². The number of benzene rings is 2. The molecule has 0 radical (unpaired) electrons. The minimum absolute atomic E-state index is 0.211. The van der Waals surface area contributed by atoms with Crippen molar-refractivity contribution in [2.75, 3.05) is 5.32 Å².